The summed E-state index contributed by atoms with van der Waals surface area (Å²) >= 11 is 12.4. The van der Waals surface area contributed by atoms with Crippen molar-refractivity contribution in [3.8, 4) is 0 Å². The molecule has 4 rings (SSSR count). The molecule has 0 aliphatic carbocycles. The molecule has 0 fully saturated rings. The van der Waals surface area contributed by atoms with Crippen LogP contribution >= 0.6 is 23.2 Å². The summed E-state index contributed by atoms with van der Waals surface area (Å²) in [5, 5.41) is 8.57. The van der Waals surface area contributed by atoms with Crippen LogP contribution in [0.5, 0.6) is 0 Å². The molecule has 0 atom stereocenters. The summed E-state index contributed by atoms with van der Waals surface area (Å²) in [5.41, 5.74) is 2.48. The van der Waals surface area contributed by atoms with Crippen LogP contribution in [0.25, 0.3) is 0 Å². The molecule has 0 spiro atoms. The molecule has 34 heavy (non-hydrogen) atoms. The van der Waals surface area contributed by atoms with Crippen LogP contribution in [0.15, 0.2) is 36.5 Å². The van der Waals surface area contributed by atoms with Gasteiger partial charge in [-0.2, -0.15) is 4.98 Å². The zero-order valence-electron chi connectivity index (χ0n) is 18.1. The highest BCUT2D eigenvalue weighted by Crippen LogP contribution is 2.33. The first kappa shape index (κ1) is 23.5. The molecule has 9 nitrogen and oxygen atoms in total. The monoisotopic (exact) mass is 504 g/mol. The Labute approximate surface area is 204 Å². The Balaban J connectivity index is 1.63. The van der Waals surface area contributed by atoms with Crippen molar-refractivity contribution in [2.45, 2.75) is 6.42 Å². The maximum atomic E-state index is 13.8. The summed E-state index contributed by atoms with van der Waals surface area (Å²) in [6, 6.07) is 7.58. The van der Waals surface area contributed by atoms with Gasteiger partial charge in [0.25, 0.3) is 5.91 Å². The van der Waals surface area contributed by atoms with Gasteiger partial charge in [-0.1, -0.05) is 23.2 Å². The van der Waals surface area contributed by atoms with Crippen molar-refractivity contribution in [2.24, 2.45) is 0 Å². The minimum atomic E-state index is -0.661. The smallest absolute Gasteiger partial charge is 0.414 e. The second-order valence-electron chi connectivity index (χ2n) is 7.30. The molecule has 2 heterocycles. The van der Waals surface area contributed by atoms with Gasteiger partial charge in [0.1, 0.15) is 10.8 Å². The Morgan fingerprint density at radius 3 is 2.74 bits per heavy atom. The van der Waals surface area contributed by atoms with Crippen LogP contribution < -0.4 is 20.9 Å². The van der Waals surface area contributed by atoms with Gasteiger partial charge in [-0.25, -0.2) is 14.2 Å². The van der Waals surface area contributed by atoms with E-state index in [2.05, 4.69) is 25.9 Å². The van der Waals surface area contributed by atoms with Gasteiger partial charge >= 0.3 is 6.09 Å². The maximum Gasteiger partial charge on any atom is 0.414 e. The second-order valence-corrected chi connectivity index (χ2v) is 8.11. The maximum absolute atomic E-state index is 13.8. The molecule has 0 bridgehead atoms. The van der Waals surface area contributed by atoms with Crippen LogP contribution in [0, 0.1) is 5.82 Å². The molecule has 1 aromatic heterocycles. The number of carbonyl (C=O) groups excluding carboxylic acids is 2. The second kappa shape index (κ2) is 9.70. The van der Waals surface area contributed by atoms with Crippen LogP contribution in [0.4, 0.5) is 38.0 Å². The molecule has 1 aliphatic rings. The first-order valence-electron chi connectivity index (χ1n) is 10.1. The average Bonchev–Trinajstić information content (AvgIpc) is 2.94. The number of carbonyl (C=O) groups is 2. The molecular formula is C22H19Cl2FN6O3. The van der Waals surface area contributed by atoms with E-state index in [1.807, 2.05) is 6.07 Å². The van der Waals surface area contributed by atoms with Crippen molar-refractivity contribution in [3.63, 3.8) is 0 Å². The van der Waals surface area contributed by atoms with Gasteiger partial charge in [-0.15, -0.1) is 0 Å². The summed E-state index contributed by atoms with van der Waals surface area (Å²) in [6.07, 6.45) is 1.52. The Morgan fingerprint density at radius 2 is 1.97 bits per heavy atom. The van der Waals surface area contributed by atoms with E-state index in [0.29, 0.717) is 12.1 Å². The predicted octanol–water partition coefficient (Wildman–Crippen LogP) is 4.90. The fourth-order valence-corrected chi connectivity index (χ4v) is 3.80. The molecular weight excluding hydrogens is 486 g/mol. The zero-order valence-corrected chi connectivity index (χ0v) is 19.6. The number of halogens is 3. The van der Waals surface area contributed by atoms with Crippen LogP contribution in [0.1, 0.15) is 15.9 Å². The van der Waals surface area contributed by atoms with Crippen LogP contribution in [-0.4, -0.2) is 42.7 Å². The number of rotatable bonds is 5. The molecule has 0 saturated carbocycles. The minimum Gasteiger partial charge on any atom is -0.449 e. The predicted molar refractivity (Wildman–Crippen MR) is 128 cm³/mol. The standard InChI is InChI=1S/C22H19Cl2FN6O3/c1-26-20(32)14-8-12(25)9-15(23)18(14)29-19-16(24)10-27-21(30-19)28-13-3-4-17-11(7-13)5-6-34-22(33)31(17)2/h3-4,7-10H,5-6H2,1-2H3,(H,26,32)(H2,27,28,29,30). The molecule has 0 unspecified atom stereocenters. The van der Waals surface area contributed by atoms with Gasteiger partial charge in [0.05, 0.1) is 34.8 Å². The van der Waals surface area contributed by atoms with E-state index in [-0.39, 0.29) is 39.7 Å². The van der Waals surface area contributed by atoms with Crippen LogP contribution in [0.2, 0.25) is 10.0 Å². The molecule has 0 radical (unpaired) electrons. The lowest BCUT2D eigenvalue weighted by atomic mass is 10.1. The number of nitrogens with zero attached hydrogens (tertiary/aromatic N) is 3. The van der Waals surface area contributed by atoms with Gasteiger partial charge in [-0.3, -0.25) is 9.69 Å². The number of amides is 2. The van der Waals surface area contributed by atoms with E-state index in [4.69, 9.17) is 27.9 Å². The number of hydrogen-bond donors (Lipinski definition) is 3. The number of nitrogens with one attached hydrogen (secondary N) is 3. The van der Waals surface area contributed by atoms with Gasteiger partial charge in [0.15, 0.2) is 5.82 Å². The van der Waals surface area contributed by atoms with E-state index in [0.717, 1.165) is 23.4 Å². The normalized spacial score (nSPS) is 13.0. The van der Waals surface area contributed by atoms with Crippen molar-refractivity contribution in [2.75, 3.05) is 36.2 Å². The lowest BCUT2D eigenvalue weighted by Crippen LogP contribution is -2.25. The zero-order chi connectivity index (χ0) is 24.4. The molecule has 2 amide bonds. The summed E-state index contributed by atoms with van der Waals surface area (Å²) in [4.78, 5) is 34.1. The highest BCUT2D eigenvalue weighted by Gasteiger charge is 2.21. The lowest BCUT2D eigenvalue weighted by molar-refractivity contribution is 0.0963. The van der Waals surface area contributed by atoms with Crippen molar-refractivity contribution >= 4 is 64.0 Å². The summed E-state index contributed by atoms with van der Waals surface area (Å²) in [6.45, 7) is 0.275. The third-order valence-corrected chi connectivity index (χ3v) is 5.66. The minimum absolute atomic E-state index is 0.0108. The van der Waals surface area contributed by atoms with E-state index >= 15 is 0 Å². The molecule has 12 heteroatoms. The molecule has 3 N–H and O–H groups in total. The average molecular weight is 505 g/mol. The van der Waals surface area contributed by atoms with Crippen molar-refractivity contribution < 1.29 is 18.7 Å². The largest absolute Gasteiger partial charge is 0.449 e. The number of hydrogen-bond acceptors (Lipinski definition) is 7. The van der Waals surface area contributed by atoms with Crippen molar-refractivity contribution in [3.05, 3.63) is 63.5 Å². The molecule has 3 aromatic rings. The lowest BCUT2D eigenvalue weighted by Gasteiger charge is -2.17. The Morgan fingerprint density at radius 1 is 1.18 bits per heavy atom. The molecule has 176 valence electrons. The number of anilines is 5. The Kier molecular flexibility index (Phi) is 6.71. The Hall–Kier alpha value is -3.63. The van der Waals surface area contributed by atoms with Gasteiger partial charge < -0.3 is 20.7 Å². The molecule has 2 aromatic carbocycles. The third-order valence-electron chi connectivity index (χ3n) is 5.08. The number of ether oxygens (including phenoxy) is 1. The summed E-state index contributed by atoms with van der Waals surface area (Å²) in [5.74, 6) is -0.830. The van der Waals surface area contributed by atoms with E-state index in [1.165, 1.54) is 18.1 Å². The van der Waals surface area contributed by atoms with Crippen LogP contribution in [0.3, 0.4) is 0 Å². The fourth-order valence-electron chi connectivity index (χ4n) is 3.41. The summed E-state index contributed by atoms with van der Waals surface area (Å²) < 4.78 is 19.0. The van der Waals surface area contributed by atoms with Crippen LogP contribution in [-0.2, 0) is 11.2 Å². The van der Waals surface area contributed by atoms with Crippen molar-refractivity contribution in [1.29, 1.82) is 0 Å². The summed E-state index contributed by atoms with van der Waals surface area (Å²) in [7, 11) is 3.07. The van der Waals surface area contributed by atoms with Gasteiger partial charge in [-0.05, 0) is 35.9 Å². The van der Waals surface area contributed by atoms with Gasteiger partial charge in [0, 0.05) is 26.2 Å². The third kappa shape index (κ3) is 4.82. The number of cyclic esters (lactones) is 1. The van der Waals surface area contributed by atoms with E-state index in [9.17, 15) is 14.0 Å². The number of fused-ring (bicyclic) bond motifs is 1. The SMILES string of the molecule is CNC(=O)c1cc(F)cc(Cl)c1Nc1nc(Nc2ccc3c(c2)CCOC(=O)N3C)ncc1Cl. The first-order valence-corrected chi connectivity index (χ1v) is 10.8. The van der Waals surface area contributed by atoms with Gasteiger partial charge in [0.2, 0.25) is 5.95 Å². The van der Waals surface area contributed by atoms with E-state index in [1.54, 1.807) is 19.2 Å². The quantitative estimate of drug-likeness (QED) is 0.453. The molecule has 1 aliphatic heterocycles. The highest BCUT2D eigenvalue weighted by molar-refractivity contribution is 6.35. The topological polar surface area (TPSA) is 108 Å². The van der Waals surface area contributed by atoms with E-state index < -0.39 is 17.8 Å². The molecule has 0 saturated heterocycles. The number of aromatic nitrogens is 2. The number of benzene rings is 2. The highest BCUT2D eigenvalue weighted by atomic mass is 35.5. The Bertz CT molecular complexity index is 1290. The fraction of sp³-hybridized carbons (Fsp3) is 0.182. The first-order chi connectivity index (χ1) is 16.3. The van der Waals surface area contributed by atoms with Crippen molar-refractivity contribution in [1.82, 2.24) is 15.3 Å².